The van der Waals surface area contributed by atoms with Crippen LogP contribution in [-0.4, -0.2) is 54.4 Å². The van der Waals surface area contributed by atoms with E-state index in [0.717, 1.165) is 11.4 Å². The highest BCUT2D eigenvalue weighted by Crippen LogP contribution is 2.44. The number of rotatable bonds is 9. The van der Waals surface area contributed by atoms with Crippen LogP contribution in [0.1, 0.15) is 38.5 Å². The van der Waals surface area contributed by atoms with Crippen molar-refractivity contribution in [3.8, 4) is 16.3 Å². The summed E-state index contributed by atoms with van der Waals surface area (Å²) in [6.45, 7) is 5.51. The van der Waals surface area contributed by atoms with Crippen LogP contribution in [0.2, 0.25) is 5.02 Å². The number of aromatic nitrogens is 1. The number of carboxylic acids is 1. The predicted molar refractivity (Wildman–Crippen MR) is 129 cm³/mol. The van der Waals surface area contributed by atoms with E-state index in [1.54, 1.807) is 19.4 Å². The van der Waals surface area contributed by atoms with Crippen LogP contribution < -0.4 is 4.74 Å². The lowest BCUT2D eigenvalue weighted by Gasteiger charge is -2.48. The third kappa shape index (κ3) is 6.44. The minimum atomic E-state index is -2.96. The third-order valence-corrected chi connectivity index (χ3v) is 7.68. The molecule has 0 unspecified atom stereocenters. The molecule has 1 N–H and O–H groups in total. The molecule has 10 heteroatoms. The summed E-state index contributed by atoms with van der Waals surface area (Å²) in [4.78, 5) is 19.9. The first-order valence-electron chi connectivity index (χ1n) is 11.1. The second kappa shape index (κ2) is 10.8. The molecule has 2 atom stereocenters. The number of likely N-dealkylation sites (tertiary alicyclic amines) is 1. The van der Waals surface area contributed by atoms with Crippen molar-refractivity contribution in [2.45, 2.75) is 46.8 Å². The Morgan fingerprint density at radius 2 is 2.15 bits per heavy atom. The lowest BCUT2D eigenvalue weighted by molar-refractivity contribution is -0.157. The second-order valence-corrected chi connectivity index (χ2v) is 11.5. The Kier molecular flexibility index (Phi) is 8.55. The summed E-state index contributed by atoms with van der Waals surface area (Å²) in [5, 5.41) is 11.1. The van der Waals surface area contributed by atoms with Crippen molar-refractivity contribution >= 4 is 28.9 Å². The molecule has 1 saturated heterocycles. The van der Waals surface area contributed by atoms with E-state index in [9.17, 15) is 18.7 Å². The fourth-order valence-corrected chi connectivity index (χ4v) is 5.59. The smallest absolute Gasteiger partial charge is 0.387 e. The van der Waals surface area contributed by atoms with E-state index in [1.165, 1.54) is 23.5 Å². The van der Waals surface area contributed by atoms with Gasteiger partial charge in [-0.2, -0.15) is 8.78 Å². The molecule has 1 aliphatic rings. The number of halogens is 3. The first kappa shape index (κ1) is 26.8. The Balaban J connectivity index is 1.86. The average Bonchev–Trinajstić information content (AvgIpc) is 3.20. The Morgan fingerprint density at radius 3 is 2.76 bits per heavy atom. The summed E-state index contributed by atoms with van der Waals surface area (Å²) in [6.07, 6.45) is 2.73. The molecule has 3 rings (SSSR count). The van der Waals surface area contributed by atoms with E-state index >= 15 is 0 Å². The van der Waals surface area contributed by atoms with E-state index < -0.39 is 18.0 Å². The molecule has 0 spiro atoms. The van der Waals surface area contributed by atoms with Crippen LogP contribution in [0, 0.1) is 16.7 Å². The van der Waals surface area contributed by atoms with Crippen LogP contribution in [0.5, 0.6) is 5.75 Å². The number of hydrogen-bond donors (Lipinski definition) is 1. The lowest BCUT2D eigenvalue weighted by atomic mass is 9.66. The molecule has 1 aliphatic heterocycles. The quantitative estimate of drug-likeness (QED) is 0.438. The summed E-state index contributed by atoms with van der Waals surface area (Å²) in [7, 11) is 1.58. The fraction of sp³-hybridized carbons (Fsp3) is 0.583. The zero-order valence-electron chi connectivity index (χ0n) is 19.8. The van der Waals surface area contributed by atoms with Crippen molar-refractivity contribution < 1.29 is 28.2 Å². The zero-order chi connectivity index (χ0) is 25.1. The Bertz CT molecular complexity index is 998. The van der Waals surface area contributed by atoms with Gasteiger partial charge in [-0.05, 0) is 42.4 Å². The Morgan fingerprint density at radius 1 is 1.41 bits per heavy atom. The van der Waals surface area contributed by atoms with E-state index in [0.29, 0.717) is 48.1 Å². The van der Waals surface area contributed by atoms with Gasteiger partial charge in [-0.3, -0.25) is 9.69 Å². The van der Waals surface area contributed by atoms with Crippen molar-refractivity contribution in [3.05, 3.63) is 34.3 Å². The molecule has 6 nitrogen and oxygen atoms in total. The molecular weight excluding hydrogens is 486 g/mol. The van der Waals surface area contributed by atoms with Crippen LogP contribution >= 0.6 is 22.9 Å². The van der Waals surface area contributed by atoms with Crippen molar-refractivity contribution in [1.82, 2.24) is 9.88 Å². The van der Waals surface area contributed by atoms with Crippen LogP contribution in [-0.2, 0) is 16.1 Å². The number of hydrogen-bond acceptors (Lipinski definition) is 6. The van der Waals surface area contributed by atoms with Crippen LogP contribution in [0.15, 0.2) is 24.4 Å². The maximum Gasteiger partial charge on any atom is 0.387 e. The van der Waals surface area contributed by atoms with Crippen molar-refractivity contribution in [2.24, 2.45) is 16.7 Å². The first-order chi connectivity index (χ1) is 15.9. The standard InChI is InChI=1S/C24H31ClF2N2O4S/c1-23(2,3)15-10-24(21(30)31,7-8-32-4)14-29(12-15)13-17-11-28-20(34-17)18-9-16(25)5-6-19(18)33-22(26)27/h5-6,9,11,15,22H,7-8,10,12-14H2,1-4H3,(H,30,31)/t15-,24-/m1/s1. The van der Waals surface area contributed by atoms with Gasteiger partial charge in [0.1, 0.15) is 10.8 Å². The fourth-order valence-electron chi connectivity index (χ4n) is 4.44. The van der Waals surface area contributed by atoms with Crippen LogP contribution in [0.4, 0.5) is 8.78 Å². The SMILES string of the molecule is COCC[C@@]1(C(=O)O)C[C@@H](C(C)(C)C)CN(Cc2cnc(-c3cc(Cl)ccc3OC(F)F)s2)C1. The van der Waals surface area contributed by atoms with Crippen LogP contribution in [0.25, 0.3) is 10.6 Å². The first-order valence-corrected chi connectivity index (χ1v) is 12.3. The van der Waals surface area contributed by atoms with Gasteiger partial charge in [-0.25, -0.2) is 4.98 Å². The minimum Gasteiger partial charge on any atom is -0.481 e. The van der Waals surface area contributed by atoms with Gasteiger partial charge in [-0.1, -0.05) is 32.4 Å². The van der Waals surface area contributed by atoms with Gasteiger partial charge < -0.3 is 14.6 Å². The summed E-state index contributed by atoms with van der Waals surface area (Å²) < 4.78 is 35.6. The van der Waals surface area contributed by atoms with E-state index in [2.05, 4.69) is 35.4 Å². The molecule has 0 bridgehead atoms. The minimum absolute atomic E-state index is 0.00975. The summed E-state index contributed by atoms with van der Waals surface area (Å²) in [5.41, 5.74) is -0.561. The van der Waals surface area contributed by atoms with Crippen molar-refractivity contribution in [3.63, 3.8) is 0 Å². The van der Waals surface area contributed by atoms with Crippen molar-refractivity contribution in [2.75, 3.05) is 26.8 Å². The number of methoxy groups -OCH3 is 1. The number of alkyl halides is 2. The van der Waals surface area contributed by atoms with Crippen LogP contribution in [0.3, 0.4) is 0 Å². The number of benzene rings is 1. The molecular formula is C24H31ClF2N2O4S. The lowest BCUT2D eigenvalue weighted by Crippen LogP contribution is -2.53. The summed E-state index contributed by atoms with van der Waals surface area (Å²) >= 11 is 7.44. The van der Waals surface area contributed by atoms with Gasteiger partial charge >= 0.3 is 12.6 Å². The molecule has 2 aromatic rings. The maximum atomic E-state index is 12.9. The largest absolute Gasteiger partial charge is 0.481 e. The van der Waals surface area contributed by atoms with Gasteiger partial charge in [0.25, 0.3) is 0 Å². The number of ether oxygens (including phenoxy) is 2. The number of piperidine rings is 1. The number of nitrogens with zero attached hydrogens (tertiary/aromatic N) is 2. The molecule has 188 valence electrons. The monoisotopic (exact) mass is 516 g/mol. The normalized spacial score (nSPS) is 21.7. The third-order valence-electron chi connectivity index (χ3n) is 6.43. The van der Waals surface area contributed by atoms with Gasteiger partial charge in [0.15, 0.2) is 0 Å². The molecule has 0 saturated carbocycles. The number of carbonyl (C=O) groups is 1. The average molecular weight is 517 g/mol. The van der Waals surface area contributed by atoms with Gasteiger partial charge in [0.2, 0.25) is 0 Å². The highest BCUT2D eigenvalue weighted by atomic mass is 35.5. The summed E-state index contributed by atoms with van der Waals surface area (Å²) in [5.74, 6) is -0.614. The number of carboxylic acid groups (broad SMARTS) is 1. The molecule has 0 amide bonds. The zero-order valence-corrected chi connectivity index (χ0v) is 21.4. The summed E-state index contributed by atoms with van der Waals surface area (Å²) in [6, 6.07) is 4.45. The predicted octanol–water partition coefficient (Wildman–Crippen LogP) is 6.04. The highest BCUT2D eigenvalue weighted by molar-refractivity contribution is 7.15. The molecule has 0 radical (unpaired) electrons. The van der Waals surface area contributed by atoms with E-state index in [1.807, 2.05) is 0 Å². The maximum absolute atomic E-state index is 12.9. The van der Waals surface area contributed by atoms with Crippen molar-refractivity contribution in [1.29, 1.82) is 0 Å². The molecule has 1 aromatic carbocycles. The molecule has 2 heterocycles. The van der Waals surface area contributed by atoms with Gasteiger partial charge in [-0.15, -0.1) is 11.3 Å². The molecule has 0 aliphatic carbocycles. The second-order valence-electron chi connectivity index (χ2n) is 9.92. The topological polar surface area (TPSA) is 71.9 Å². The van der Waals surface area contributed by atoms with E-state index in [4.69, 9.17) is 16.3 Å². The highest BCUT2D eigenvalue weighted by Gasteiger charge is 2.48. The number of thiazole rings is 1. The molecule has 1 aromatic heterocycles. The van der Waals surface area contributed by atoms with Gasteiger partial charge in [0.05, 0.1) is 11.0 Å². The Labute approximate surface area is 207 Å². The van der Waals surface area contributed by atoms with Gasteiger partial charge in [0, 0.05) is 49.4 Å². The molecule has 1 fully saturated rings. The molecule has 34 heavy (non-hydrogen) atoms. The number of aliphatic carboxylic acids is 1. The van der Waals surface area contributed by atoms with E-state index in [-0.39, 0.29) is 17.1 Å². The Hall–Kier alpha value is -1.81.